The van der Waals surface area contributed by atoms with Crippen molar-refractivity contribution in [1.82, 2.24) is 9.88 Å². The Balaban J connectivity index is 1.68. The standard InChI is InChI=1S/C20H26FN3/c1-3-16(21)5-4-10-22-17-6-7-18-19(14-23-20(18)13-17)15-8-11-24(2)12-9-15/h3-7,13-15,22-23H,8-12H2,1-2H3/b5-4-,16-3+. The van der Waals surface area contributed by atoms with E-state index in [1.165, 1.54) is 49.0 Å². The summed E-state index contributed by atoms with van der Waals surface area (Å²) in [5.74, 6) is 0.444. The molecule has 1 aliphatic heterocycles. The smallest absolute Gasteiger partial charge is 0.118 e. The number of piperidine rings is 1. The third kappa shape index (κ3) is 3.88. The number of halogens is 1. The van der Waals surface area contributed by atoms with E-state index < -0.39 is 0 Å². The molecule has 3 nitrogen and oxygen atoms in total. The Hall–Kier alpha value is -2.07. The first kappa shape index (κ1) is 16.8. The zero-order chi connectivity index (χ0) is 16.9. The summed E-state index contributed by atoms with van der Waals surface area (Å²) < 4.78 is 13.0. The van der Waals surface area contributed by atoms with Gasteiger partial charge in [-0.2, -0.15) is 0 Å². The molecule has 2 heterocycles. The number of hydrogen-bond donors (Lipinski definition) is 2. The number of fused-ring (bicyclic) bond motifs is 1. The molecule has 24 heavy (non-hydrogen) atoms. The summed E-state index contributed by atoms with van der Waals surface area (Å²) in [5.41, 5.74) is 3.65. The zero-order valence-corrected chi connectivity index (χ0v) is 14.5. The summed E-state index contributed by atoms with van der Waals surface area (Å²) in [6, 6.07) is 6.43. The van der Waals surface area contributed by atoms with Gasteiger partial charge in [-0.15, -0.1) is 0 Å². The van der Waals surface area contributed by atoms with Crippen molar-refractivity contribution in [3.8, 4) is 0 Å². The summed E-state index contributed by atoms with van der Waals surface area (Å²) in [6.45, 7) is 4.64. The molecule has 0 spiro atoms. The van der Waals surface area contributed by atoms with Crippen LogP contribution in [0.3, 0.4) is 0 Å². The molecule has 1 fully saturated rings. The number of anilines is 1. The predicted molar refractivity (Wildman–Crippen MR) is 100 cm³/mol. The lowest BCUT2D eigenvalue weighted by molar-refractivity contribution is 0.256. The van der Waals surface area contributed by atoms with Gasteiger partial charge >= 0.3 is 0 Å². The van der Waals surface area contributed by atoms with Crippen LogP contribution < -0.4 is 5.32 Å². The number of H-pyrrole nitrogens is 1. The fraction of sp³-hybridized carbons (Fsp3) is 0.400. The minimum atomic E-state index is -0.209. The second kappa shape index (κ2) is 7.67. The molecule has 1 aliphatic rings. The first-order valence-corrected chi connectivity index (χ1v) is 8.69. The van der Waals surface area contributed by atoms with Crippen molar-refractivity contribution in [2.75, 3.05) is 32.0 Å². The van der Waals surface area contributed by atoms with Crippen LogP contribution in [0.2, 0.25) is 0 Å². The predicted octanol–water partition coefficient (Wildman–Crippen LogP) is 4.82. The van der Waals surface area contributed by atoms with E-state index in [0.29, 0.717) is 12.5 Å². The summed E-state index contributed by atoms with van der Waals surface area (Å²) in [7, 11) is 2.19. The first-order valence-electron chi connectivity index (χ1n) is 8.69. The normalized spacial score (nSPS) is 17.9. The van der Waals surface area contributed by atoms with Crippen molar-refractivity contribution in [2.45, 2.75) is 25.7 Å². The Morgan fingerprint density at radius 2 is 2.17 bits per heavy atom. The van der Waals surface area contributed by atoms with Gasteiger partial charge in [0, 0.05) is 29.3 Å². The van der Waals surface area contributed by atoms with Gasteiger partial charge in [0.25, 0.3) is 0 Å². The van der Waals surface area contributed by atoms with Crippen LogP contribution in [-0.4, -0.2) is 36.6 Å². The second-order valence-electron chi connectivity index (χ2n) is 6.54. The molecule has 0 unspecified atom stereocenters. The number of aromatic nitrogens is 1. The molecular weight excluding hydrogens is 301 g/mol. The highest BCUT2D eigenvalue weighted by Crippen LogP contribution is 2.33. The van der Waals surface area contributed by atoms with Crippen molar-refractivity contribution >= 4 is 16.6 Å². The van der Waals surface area contributed by atoms with Crippen LogP contribution in [0.1, 0.15) is 31.2 Å². The maximum atomic E-state index is 13.0. The van der Waals surface area contributed by atoms with Gasteiger partial charge in [0.2, 0.25) is 0 Å². The molecule has 0 bridgehead atoms. The largest absolute Gasteiger partial charge is 0.381 e. The Morgan fingerprint density at radius 1 is 1.38 bits per heavy atom. The number of allylic oxidation sites excluding steroid dienone is 3. The molecule has 0 radical (unpaired) electrons. The SMILES string of the molecule is C/C=C(F)\C=C/CNc1ccc2c(C3CCN(C)CC3)c[nH]c2c1. The van der Waals surface area contributed by atoms with Gasteiger partial charge in [0.1, 0.15) is 5.83 Å². The number of benzene rings is 1. The van der Waals surface area contributed by atoms with Crippen LogP contribution in [0.5, 0.6) is 0 Å². The second-order valence-corrected chi connectivity index (χ2v) is 6.54. The fourth-order valence-corrected chi connectivity index (χ4v) is 3.36. The molecule has 0 saturated carbocycles. The number of aromatic amines is 1. The van der Waals surface area contributed by atoms with Crippen molar-refractivity contribution in [1.29, 1.82) is 0 Å². The van der Waals surface area contributed by atoms with Crippen molar-refractivity contribution in [3.05, 3.63) is 54.0 Å². The average molecular weight is 327 g/mol. The number of hydrogen-bond acceptors (Lipinski definition) is 2. The summed E-state index contributed by atoms with van der Waals surface area (Å²) in [4.78, 5) is 5.81. The third-order valence-electron chi connectivity index (χ3n) is 4.85. The average Bonchev–Trinajstić information content (AvgIpc) is 3.02. The summed E-state index contributed by atoms with van der Waals surface area (Å²) in [5, 5.41) is 4.63. The number of nitrogens with one attached hydrogen (secondary N) is 2. The quantitative estimate of drug-likeness (QED) is 0.772. The first-order chi connectivity index (χ1) is 11.7. The minimum absolute atomic E-state index is 0.209. The maximum absolute atomic E-state index is 13.0. The van der Waals surface area contributed by atoms with Crippen molar-refractivity contribution in [2.24, 2.45) is 0 Å². The molecule has 2 aromatic rings. The molecule has 0 aliphatic carbocycles. The zero-order valence-electron chi connectivity index (χ0n) is 14.5. The topological polar surface area (TPSA) is 31.1 Å². The maximum Gasteiger partial charge on any atom is 0.118 e. The highest BCUT2D eigenvalue weighted by atomic mass is 19.1. The molecule has 4 heteroatoms. The van der Waals surface area contributed by atoms with E-state index in [1.807, 2.05) is 0 Å². The number of likely N-dealkylation sites (tertiary alicyclic amines) is 1. The van der Waals surface area contributed by atoms with E-state index in [9.17, 15) is 4.39 Å². The Morgan fingerprint density at radius 3 is 2.92 bits per heavy atom. The molecule has 2 N–H and O–H groups in total. The monoisotopic (exact) mass is 327 g/mol. The Kier molecular flexibility index (Phi) is 5.36. The lowest BCUT2D eigenvalue weighted by Crippen LogP contribution is -2.29. The van der Waals surface area contributed by atoms with Crippen LogP contribution >= 0.6 is 0 Å². The van der Waals surface area contributed by atoms with E-state index in [-0.39, 0.29) is 5.83 Å². The highest BCUT2D eigenvalue weighted by Gasteiger charge is 2.20. The van der Waals surface area contributed by atoms with Gasteiger partial charge in [-0.1, -0.05) is 18.2 Å². The molecule has 128 valence electrons. The van der Waals surface area contributed by atoms with Crippen LogP contribution in [0.25, 0.3) is 10.9 Å². The fourth-order valence-electron chi connectivity index (χ4n) is 3.36. The molecule has 1 aromatic carbocycles. The van der Waals surface area contributed by atoms with E-state index in [4.69, 9.17) is 0 Å². The molecule has 3 rings (SSSR count). The van der Waals surface area contributed by atoms with Crippen LogP contribution in [0.15, 0.2) is 48.5 Å². The Bertz CT molecular complexity index is 736. The van der Waals surface area contributed by atoms with E-state index in [2.05, 4.69) is 46.6 Å². The van der Waals surface area contributed by atoms with Gasteiger partial charge in [0.15, 0.2) is 0 Å². The minimum Gasteiger partial charge on any atom is -0.381 e. The Labute approximate surface area is 143 Å². The van der Waals surface area contributed by atoms with E-state index in [1.54, 1.807) is 13.0 Å². The van der Waals surface area contributed by atoms with Gasteiger partial charge in [-0.25, -0.2) is 4.39 Å². The molecule has 1 saturated heterocycles. The molecule has 0 amide bonds. The van der Waals surface area contributed by atoms with Gasteiger partial charge < -0.3 is 15.2 Å². The van der Waals surface area contributed by atoms with Gasteiger partial charge in [0.05, 0.1) is 0 Å². The molecule has 0 atom stereocenters. The summed E-state index contributed by atoms with van der Waals surface area (Å²) >= 11 is 0. The molecule has 1 aromatic heterocycles. The van der Waals surface area contributed by atoms with Crippen LogP contribution in [0.4, 0.5) is 10.1 Å². The lowest BCUT2D eigenvalue weighted by Gasteiger charge is -2.28. The van der Waals surface area contributed by atoms with Crippen LogP contribution in [-0.2, 0) is 0 Å². The molecular formula is C20H26FN3. The number of nitrogens with zero attached hydrogens (tertiary/aromatic N) is 1. The van der Waals surface area contributed by atoms with Gasteiger partial charge in [-0.3, -0.25) is 0 Å². The highest BCUT2D eigenvalue weighted by molar-refractivity contribution is 5.86. The van der Waals surface area contributed by atoms with E-state index in [0.717, 1.165) is 11.2 Å². The number of rotatable bonds is 5. The van der Waals surface area contributed by atoms with Crippen molar-refractivity contribution in [3.63, 3.8) is 0 Å². The van der Waals surface area contributed by atoms with Crippen molar-refractivity contribution < 1.29 is 4.39 Å². The van der Waals surface area contributed by atoms with Gasteiger partial charge in [-0.05, 0) is 69.6 Å². The third-order valence-corrected chi connectivity index (χ3v) is 4.85. The summed E-state index contributed by atoms with van der Waals surface area (Å²) in [6.07, 6.45) is 9.35. The lowest BCUT2D eigenvalue weighted by atomic mass is 9.89. The van der Waals surface area contributed by atoms with Crippen LogP contribution in [0, 0.1) is 0 Å². The van der Waals surface area contributed by atoms with E-state index >= 15 is 0 Å².